The lowest BCUT2D eigenvalue weighted by atomic mass is 10.0. The zero-order chi connectivity index (χ0) is 14.7. The first-order valence-electron chi connectivity index (χ1n) is 6.71. The van der Waals surface area contributed by atoms with E-state index in [1.807, 2.05) is 19.1 Å². The highest BCUT2D eigenvalue weighted by Gasteiger charge is 2.09. The van der Waals surface area contributed by atoms with Gasteiger partial charge in [-0.15, -0.1) is 0 Å². The van der Waals surface area contributed by atoms with E-state index in [0.717, 1.165) is 16.8 Å². The third-order valence-electron chi connectivity index (χ3n) is 3.53. The van der Waals surface area contributed by atoms with Gasteiger partial charge in [-0.05, 0) is 55.7 Å². The number of hydrogen-bond donors (Lipinski definition) is 2. The van der Waals surface area contributed by atoms with E-state index < -0.39 is 0 Å². The fourth-order valence-electron chi connectivity index (χ4n) is 2.43. The minimum atomic E-state index is 0.256. The van der Waals surface area contributed by atoms with Gasteiger partial charge in [-0.3, -0.25) is 0 Å². The van der Waals surface area contributed by atoms with E-state index in [-0.39, 0.29) is 6.04 Å². The van der Waals surface area contributed by atoms with Gasteiger partial charge in [0.15, 0.2) is 0 Å². The number of hydrogen-bond acceptors (Lipinski definition) is 2. The number of aryl methyl sites for hydroxylation is 2. The second kappa shape index (κ2) is 6.06. The van der Waals surface area contributed by atoms with Gasteiger partial charge in [0.25, 0.3) is 0 Å². The summed E-state index contributed by atoms with van der Waals surface area (Å²) in [6.07, 6.45) is 0. The number of anilines is 1. The zero-order valence-electron chi connectivity index (χ0n) is 12.1. The SMILES string of the molecule is Cc1cc(NC(C)c2ccccc2C)ccc1C(N)=S. The van der Waals surface area contributed by atoms with Crippen molar-refractivity contribution in [1.82, 2.24) is 0 Å². The fraction of sp³-hybridized carbons (Fsp3) is 0.235. The average molecular weight is 284 g/mol. The molecule has 2 aromatic rings. The first kappa shape index (κ1) is 14.5. The second-order valence-electron chi connectivity index (χ2n) is 5.12. The molecule has 0 radical (unpaired) electrons. The Morgan fingerprint density at radius 3 is 2.40 bits per heavy atom. The summed E-state index contributed by atoms with van der Waals surface area (Å²) in [5.74, 6) is 0. The smallest absolute Gasteiger partial charge is 0.104 e. The molecule has 0 spiro atoms. The number of rotatable bonds is 4. The second-order valence-corrected chi connectivity index (χ2v) is 5.56. The quantitative estimate of drug-likeness (QED) is 0.830. The molecule has 0 saturated heterocycles. The van der Waals surface area contributed by atoms with E-state index in [4.69, 9.17) is 18.0 Å². The third kappa shape index (κ3) is 3.17. The van der Waals surface area contributed by atoms with Crippen molar-refractivity contribution in [1.29, 1.82) is 0 Å². The highest BCUT2D eigenvalue weighted by Crippen LogP contribution is 2.23. The molecule has 104 valence electrons. The molecule has 2 rings (SSSR count). The van der Waals surface area contributed by atoms with Crippen LogP contribution < -0.4 is 11.1 Å². The fourth-order valence-corrected chi connectivity index (χ4v) is 2.66. The molecule has 0 saturated carbocycles. The minimum absolute atomic E-state index is 0.256. The van der Waals surface area contributed by atoms with Gasteiger partial charge in [-0.25, -0.2) is 0 Å². The summed E-state index contributed by atoms with van der Waals surface area (Å²) in [6.45, 7) is 6.33. The van der Waals surface area contributed by atoms with Crippen LogP contribution in [0.4, 0.5) is 5.69 Å². The number of nitrogens with two attached hydrogens (primary N) is 1. The maximum atomic E-state index is 5.69. The summed E-state index contributed by atoms with van der Waals surface area (Å²) in [5.41, 5.74) is 11.4. The molecular formula is C17H20N2S. The van der Waals surface area contributed by atoms with Crippen molar-refractivity contribution in [3.8, 4) is 0 Å². The van der Waals surface area contributed by atoms with Crippen molar-refractivity contribution in [2.24, 2.45) is 5.73 Å². The Hall–Kier alpha value is -1.87. The van der Waals surface area contributed by atoms with Crippen molar-refractivity contribution < 1.29 is 0 Å². The van der Waals surface area contributed by atoms with Crippen LogP contribution in [0.3, 0.4) is 0 Å². The van der Waals surface area contributed by atoms with Crippen LogP contribution in [0.5, 0.6) is 0 Å². The predicted molar refractivity (Wildman–Crippen MR) is 90.3 cm³/mol. The van der Waals surface area contributed by atoms with E-state index in [1.54, 1.807) is 0 Å². The first-order chi connectivity index (χ1) is 9.49. The molecule has 2 aromatic carbocycles. The highest BCUT2D eigenvalue weighted by molar-refractivity contribution is 7.80. The molecule has 0 aromatic heterocycles. The molecule has 20 heavy (non-hydrogen) atoms. The molecule has 0 bridgehead atoms. The van der Waals surface area contributed by atoms with E-state index in [0.29, 0.717) is 4.99 Å². The van der Waals surface area contributed by atoms with Gasteiger partial charge in [0.05, 0.1) is 0 Å². The summed E-state index contributed by atoms with van der Waals surface area (Å²) in [4.78, 5) is 0.445. The summed E-state index contributed by atoms with van der Waals surface area (Å²) in [7, 11) is 0. The van der Waals surface area contributed by atoms with Crippen molar-refractivity contribution >= 4 is 22.9 Å². The lowest BCUT2D eigenvalue weighted by molar-refractivity contribution is 0.874. The lowest BCUT2D eigenvalue weighted by Crippen LogP contribution is -2.12. The van der Waals surface area contributed by atoms with Gasteiger partial charge in [-0.2, -0.15) is 0 Å². The van der Waals surface area contributed by atoms with Crippen LogP contribution in [0.25, 0.3) is 0 Å². The van der Waals surface area contributed by atoms with E-state index in [9.17, 15) is 0 Å². The van der Waals surface area contributed by atoms with Gasteiger partial charge in [0.1, 0.15) is 4.99 Å². The topological polar surface area (TPSA) is 38.0 Å². The Bertz CT molecular complexity index is 635. The molecule has 0 heterocycles. The van der Waals surface area contributed by atoms with Crippen molar-refractivity contribution in [3.05, 3.63) is 64.7 Å². The maximum Gasteiger partial charge on any atom is 0.104 e. The van der Waals surface area contributed by atoms with Gasteiger partial charge in [-0.1, -0.05) is 36.5 Å². The van der Waals surface area contributed by atoms with E-state index in [1.165, 1.54) is 11.1 Å². The summed E-state index contributed by atoms with van der Waals surface area (Å²) in [5, 5.41) is 3.52. The minimum Gasteiger partial charge on any atom is -0.389 e. The summed E-state index contributed by atoms with van der Waals surface area (Å²) in [6, 6.07) is 14.8. The lowest BCUT2D eigenvalue weighted by Gasteiger charge is -2.18. The van der Waals surface area contributed by atoms with Crippen LogP contribution >= 0.6 is 12.2 Å². The van der Waals surface area contributed by atoms with Gasteiger partial charge in [0, 0.05) is 17.3 Å². The summed E-state index contributed by atoms with van der Waals surface area (Å²) >= 11 is 5.03. The average Bonchev–Trinajstić information content (AvgIpc) is 2.38. The molecule has 3 heteroatoms. The van der Waals surface area contributed by atoms with E-state index >= 15 is 0 Å². The van der Waals surface area contributed by atoms with Crippen molar-refractivity contribution in [2.75, 3.05) is 5.32 Å². The normalized spacial score (nSPS) is 11.9. The molecule has 0 aliphatic rings. The van der Waals surface area contributed by atoms with Crippen LogP contribution in [-0.4, -0.2) is 4.99 Å². The maximum absolute atomic E-state index is 5.69. The van der Waals surface area contributed by atoms with Crippen LogP contribution in [0.15, 0.2) is 42.5 Å². The molecule has 0 fully saturated rings. The molecule has 0 aliphatic heterocycles. The van der Waals surface area contributed by atoms with Crippen LogP contribution in [-0.2, 0) is 0 Å². The Kier molecular flexibility index (Phi) is 4.40. The molecule has 3 N–H and O–H groups in total. The zero-order valence-corrected chi connectivity index (χ0v) is 12.9. The van der Waals surface area contributed by atoms with Crippen LogP contribution in [0, 0.1) is 13.8 Å². The number of benzene rings is 2. The van der Waals surface area contributed by atoms with Gasteiger partial charge >= 0.3 is 0 Å². The highest BCUT2D eigenvalue weighted by atomic mass is 32.1. The summed E-state index contributed by atoms with van der Waals surface area (Å²) < 4.78 is 0. The van der Waals surface area contributed by atoms with Gasteiger partial charge < -0.3 is 11.1 Å². The standard InChI is InChI=1S/C17H20N2S/c1-11-6-4-5-7-15(11)13(3)19-14-8-9-16(17(18)20)12(2)10-14/h4-10,13,19H,1-3H3,(H2,18,20). The molecule has 0 aliphatic carbocycles. The van der Waals surface area contributed by atoms with Gasteiger partial charge in [0.2, 0.25) is 0 Å². The van der Waals surface area contributed by atoms with Crippen molar-refractivity contribution in [3.63, 3.8) is 0 Å². The van der Waals surface area contributed by atoms with E-state index in [2.05, 4.69) is 49.5 Å². The van der Waals surface area contributed by atoms with Crippen LogP contribution in [0.2, 0.25) is 0 Å². The monoisotopic (exact) mass is 284 g/mol. The number of thiocarbonyl (C=S) groups is 1. The Morgan fingerprint density at radius 2 is 1.80 bits per heavy atom. The van der Waals surface area contributed by atoms with Crippen LogP contribution in [0.1, 0.15) is 35.2 Å². The largest absolute Gasteiger partial charge is 0.389 e. The molecular weight excluding hydrogens is 264 g/mol. The number of nitrogens with one attached hydrogen (secondary N) is 1. The van der Waals surface area contributed by atoms with Crippen molar-refractivity contribution in [2.45, 2.75) is 26.8 Å². The third-order valence-corrected chi connectivity index (χ3v) is 3.75. The first-order valence-corrected chi connectivity index (χ1v) is 7.12. The molecule has 1 atom stereocenters. The Balaban J connectivity index is 2.20. The molecule has 1 unspecified atom stereocenters. The predicted octanol–water partition coefficient (Wildman–Crippen LogP) is 4.11. The Morgan fingerprint density at radius 1 is 1.10 bits per heavy atom. The molecule has 0 amide bonds. The molecule has 2 nitrogen and oxygen atoms in total. The Labute approximate surface area is 126 Å².